The second kappa shape index (κ2) is 7.56. The molecule has 1 aliphatic heterocycles. The van der Waals surface area contributed by atoms with Crippen LogP contribution in [-0.4, -0.2) is 42.5 Å². The minimum atomic E-state index is -0.336. The average Bonchev–Trinajstić information content (AvgIpc) is 2.72. The lowest BCUT2D eigenvalue weighted by Gasteiger charge is -2.37. The van der Waals surface area contributed by atoms with Gasteiger partial charge in [-0.2, -0.15) is 0 Å². The van der Waals surface area contributed by atoms with Gasteiger partial charge in [0.25, 0.3) is 5.91 Å². The van der Waals surface area contributed by atoms with E-state index in [0.29, 0.717) is 29.9 Å². The van der Waals surface area contributed by atoms with E-state index in [-0.39, 0.29) is 17.8 Å². The summed E-state index contributed by atoms with van der Waals surface area (Å²) in [5.41, 5.74) is 2.66. The molecule has 0 bridgehead atoms. The fraction of sp³-hybridized carbons (Fsp3) is 0.273. The number of benzene rings is 2. The Labute approximate surface area is 163 Å². The van der Waals surface area contributed by atoms with Gasteiger partial charge in [-0.25, -0.2) is 4.39 Å². The van der Waals surface area contributed by atoms with Crippen LogP contribution in [0.4, 0.5) is 4.39 Å². The summed E-state index contributed by atoms with van der Waals surface area (Å²) in [5.74, 6) is 0.350. The first kappa shape index (κ1) is 18.4. The van der Waals surface area contributed by atoms with E-state index in [1.54, 1.807) is 26.2 Å². The number of para-hydroxylation sites is 1. The SMILES string of the molecule is COc1ccccc1C1CNCCN1C(=O)c1cc2ccc(F)cc2nc1C. The number of piperazine rings is 1. The molecule has 1 unspecified atom stereocenters. The molecule has 1 fully saturated rings. The van der Waals surface area contributed by atoms with E-state index in [2.05, 4.69) is 10.3 Å². The lowest BCUT2D eigenvalue weighted by Crippen LogP contribution is -2.49. The van der Waals surface area contributed by atoms with Gasteiger partial charge in [0.15, 0.2) is 0 Å². The third-order valence-electron chi connectivity index (χ3n) is 5.20. The molecular weight excluding hydrogens is 357 g/mol. The van der Waals surface area contributed by atoms with Crippen LogP contribution in [0.15, 0.2) is 48.5 Å². The maximum atomic E-state index is 13.5. The molecular formula is C22H22FN3O2. The van der Waals surface area contributed by atoms with Crippen LogP contribution in [0, 0.1) is 12.7 Å². The molecule has 0 saturated carbocycles. The zero-order valence-electron chi connectivity index (χ0n) is 15.9. The number of hydrogen-bond donors (Lipinski definition) is 1. The number of hydrogen-bond acceptors (Lipinski definition) is 4. The summed E-state index contributed by atoms with van der Waals surface area (Å²) in [6.45, 7) is 3.75. The molecule has 3 aromatic rings. The Morgan fingerprint density at radius 3 is 2.89 bits per heavy atom. The monoisotopic (exact) mass is 379 g/mol. The van der Waals surface area contributed by atoms with Crippen LogP contribution < -0.4 is 10.1 Å². The number of halogens is 1. The van der Waals surface area contributed by atoms with E-state index < -0.39 is 0 Å². The molecule has 1 saturated heterocycles. The Bertz CT molecular complexity index is 1040. The Kier molecular flexibility index (Phi) is 4.96. The van der Waals surface area contributed by atoms with Gasteiger partial charge >= 0.3 is 0 Å². The van der Waals surface area contributed by atoms with Crippen molar-refractivity contribution < 1.29 is 13.9 Å². The largest absolute Gasteiger partial charge is 0.496 e. The summed E-state index contributed by atoms with van der Waals surface area (Å²) in [5, 5.41) is 4.11. The molecule has 1 atom stereocenters. The predicted octanol–water partition coefficient (Wildman–Crippen LogP) is 3.48. The smallest absolute Gasteiger partial charge is 0.256 e. The van der Waals surface area contributed by atoms with Gasteiger partial charge in [-0.3, -0.25) is 9.78 Å². The fourth-order valence-electron chi connectivity index (χ4n) is 3.77. The Morgan fingerprint density at radius 2 is 2.07 bits per heavy atom. The highest BCUT2D eigenvalue weighted by Gasteiger charge is 2.31. The van der Waals surface area contributed by atoms with Crippen LogP contribution in [0.1, 0.15) is 27.7 Å². The number of nitrogens with zero attached hydrogens (tertiary/aromatic N) is 2. The number of methoxy groups -OCH3 is 1. The van der Waals surface area contributed by atoms with Gasteiger partial charge in [0.05, 0.1) is 29.9 Å². The van der Waals surface area contributed by atoms with Gasteiger partial charge in [0.1, 0.15) is 11.6 Å². The van der Waals surface area contributed by atoms with Crippen molar-refractivity contribution >= 4 is 16.8 Å². The van der Waals surface area contributed by atoms with Crippen LogP contribution in [0.3, 0.4) is 0 Å². The first-order valence-electron chi connectivity index (χ1n) is 9.30. The number of aryl methyl sites for hydroxylation is 1. The minimum Gasteiger partial charge on any atom is -0.496 e. The maximum Gasteiger partial charge on any atom is 0.256 e. The summed E-state index contributed by atoms with van der Waals surface area (Å²) in [6, 6.07) is 13.9. The topological polar surface area (TPSA) is 54.5 Å². The predicted molar refractivity (Wildman–Crippen MR) is 106 cm³/mol. The molecule has 1 amide bonds. The molecule has 5 nitrogen and oxygen atoms in total. The summed E-state index contributed by atoms with van der Waals surface area (Å²) < 4.78 is 19.0. The van der Waals surface area contributed by atoms with Gasteiger partial charge in [0, 0.05) is 36.7 Å². The molecule has 0 radical (unpaired) electrons. The molecule has 1 aromatic heterocycles. The zero-order chi connectivity index (χ0) is 19.7. The molecule has 0 spiro atoms. The number of ether oxygens (including phenoxy) is 1. The zero-order valence-corrected chi connectivity index (χ0v) is 15.9. The standard InChI is InChI=1S/C22H22FN3O2/c1-14-18(11-15-7-8-16(23)12-19(15)25-14)22(27)26-10-9-24-13-20(26)17-5-3-4-6-21(17)28-2/h3-8,11-12,20,24H,9-10,13H2,1-2H3. The third kappa shape index (κ3) is 3.31. The van der Waals surface area contributed by atoms with Crippen LogP contribution in [0.25, 0.3) is 10.9 Å². The number of fused-ring (bicyclic) bond motifs is 1. The normalized spacial score (nSPS) is 17.0. The number of nitrogens with one attached hydrogen (secondary N) is 1. The van der Waals surface area contributed by atoms with E-state index in [4.69, 9.17) is 4.74 Å². The van der Waals surface area contributed by atoms with Crippen molar-refractivity contribution in [3.8, 4) is 5.75 Å². The van der Waals surface area contributed by atoms with E-state index >= 15 is 0 Å². The molecule has 144 valence electrons. The van der Waals surface area contributed by atoms with E-state index in [1.807, 2.05) is 29.2 Å². The summed E-state index contributed by atoms with van der Waals surface area (Å²) in [6.07, 6.45) is 0. The van der Waals surface area contributed by atoms with Gasteiger partial charge in [-0.05, 0) is 31.2 Å². The fourth-order valence-corrected chi connectivity index (χ4v) is 3.77. The summed E-state index contributed by atoms with van der Waals surface area (Å²) in [4.78, 5) is 19.8. The first-order chi connectivity index (χ1) is 13.6. The van der Waals surface area contributed by atoms with Gasteiger partial charge in [-0.1, -0.05) is 18.2 Å². The van der Waals surface area contributed by atoms with Crippen LogP contribution in [-0.2, 0) is 0 Å². The molecule has 1 N–H and O–H groups in total. The summed E-state index contributed by atoms with van der Waals surface area (Å²) >= 11 is 0. The number of aromatic nitrogens is 1. The van der Waals surface area contributed by atoms with Crippen molar-refractivity contribution in [2.75, 3.05) is 26.7 Å². The molecule has 1 aliphatic rings. The average molecular weight is 379 g/mol. The number of amides is 1. The lowest BCUT2D eigenvalue weighted by molar-refractivity contribution is 0.0630. The van der Waals surface area contributed by atoms with Crippen LogP contribution >= 0.6 is 0 Å². The molecule has 2 aromatic carbocycles. The van der Waals surface area contributed by atoms with Gasteiger partial charge < -0.3 is 15.0 Å². The molecule has 6 heteroatoms. The number of carbonyl (C=O) groups excluding carboxylic acids is 1. The van der Waals surface area contributed by atoms with Crippen LogP contribution in [0.5, 0.6) is 5.75 Å². The van der Waals surface area contributed by atoms with Crippen molar-refractivity contribution in [2.45, 2.75) is 13.0 Å². The first-order valence-corrected chi connectivity index (χ1v) is 9.30. The van der Waals surface area contributed by atoms with E-state index in [1.165, 1.54) is 12.1 Å². The molecule has 4 rings (SSSR count). The highest BCUT2D eigenvalue weighted by Crippen LogP contribution is 2.31. The van der Waals surface area contributed by atoms with Crippen molar-refractivity contribution in [3.63, 3.8) is 0 Å². The summed E-state index contributed by atoms with van der Waals surface area (Å²) in [7, 11) is 1.64. The molecule has 0 aliphatic carbocycles. The Balaban J connectivity index is 1.74. The van der Waals surface area contributed by atoms with Gasteiger partial charge in [0.2, 0.25) is 0 Å². The van der Waals surface area contributed by atoms with E-state index in [9.17, 15) is 9.18 Å². The highest BCUT2D eigenvalue weighted by atomic mass is 19.1. The second-order valence-electron chi connectivity index (χ2n) is 6.92. The van der Waals surface area contributed by atoms with Gasteiger partial charge in [-0.15, -0.1) is 0 Å². The number of pyridine rings is 1. The van der Waals surface area contributed by atoms with Crippen molar-refractivity contribution in [1.82, 2.24) is 15.2 Å². The molecule has 2 heterocycles. The van der Waals surface area contributed by atoms with E-state index in [0.717, 1.165) is 23.2 Å². The number of rotatable bonds is 3. The maximum absolute atomic E-state index is 13.5. The molecule has 28 heavy (non-hydrogen) atoms. The third-order valence-corrected chi connectivity index (χ3v) is 5.20. The Hall–Kier alpha value is -2.99. The lowest BCUT2D eigenvalue weighted by atomic mass is 10.00. The minimum absolute atomic E-state index is 0.0753. The second-order valence-corrected chi connectivity index (χ2v) is 6.92. The van der Waals surface area contributed by atoms with Crippen molar-refractivity contribution in [1.29, 1.82) is 0 Å². The van der Waals surface area contributed by atoms with Crippen LogP contribution in [0.2, 0.25) is 0 Å². The number of carbonyl (C=O) groups is 1. The van der Waals surface area contributed by atoms with Crippen molar-refractivity contribution in [3.05, 3.63) is 71.2 Å². The highest BCUT2D eigenvalue weighted by molar-refractivity contribution is 5.99. The Morgan fingerprint density at radius 1 is 1.25 bits per heavy atom. The van der Waals surface area contributed by atoms with Crippen molar-refractivity contribution in [2.24, 2.45) is 0 Å². The quantitative estimate of drug-likeness (QED) is 0.757.